The van der Waals surface area contributed by atoms with Gasteiger partial charge in [0.1, 0.15) is 5.82 Å². The Hall–Kier alpha value is -1.83. The lowest BCUT2D eigenvalue weighted by atomic mass is 10.0. The average molecular weight is 241 g/mol. The second kappa shape index (κ2) is 4.81. The van der Waals surface area contributed by atoms with E-state index in [2.05, 4.69) is 29.2 Å². The molecule has 0 aromatic heterocycles. The molecule has 0 atom stereocenters. The van der Waals surface area contributed by atoms with E-state index in [1.54, 1.807) is 6.07 Å². The zero-order valence-electron chi connectivity index (χ0n) is 10.3. The van der Waals surface area contributed by atoms with Gasteiger partial charge in [0.05, 0.1) is 0 Å². The molecule has 0 bridgehead atoms. The predicted octanol–water partition coefficient (Wildman–Crippen LogP) is 3.78. The first kappa shape index (κ1) is 11.3. The first-order valence-electron chi connectivity index (χ1n) is 6.41. The molecule has 2 heteroatoms. The summed E-state index contributed by atoms with van der Waals surface area (Å²) in [5.74, 6) is -0.111. The van der Waals surface area contributed by atoms with Crippen molar-refractivity contribution in [3.05, 3.63) is 65.5 Å². The third kappa shape index (κ3) is 2.10. The number of hydrogen-bond acceptors (Lipinski definition) is 1. The third-order valence-electron chi connectivity index (χ3n) is 3.53. The smallest absolute Gasteiger partial charge is 0.128 e. The summed E-state index contributed by atoms with van der Waals surface area (Å²) in [4.78, 5) is 2.28. The molecule has 0 aliphatic carbocycles. The highest BCUT2D eigenvalue weighted by Crippen LogP contribution is 2.28. The lowest BCUT2D eigenvalue weighted by Crippen LogP contribution is -2.29. The molecule has 1 heterocycles. The fourth-order valence-electron chi connectivity index (χ4n) is 2.61. The van der Waals surface area contributed by atoms with Crippen LogP contribution in [0, 0.1) is 5.82 Å². The van der Waals surface area contributed by atoms with E-state index in [9.17, 15) is 4.39 Å². The van der Waals surface area contributed by atoms with Gasteiger partial charge in [-0.25, -0.2) is 4.39 Å². The third-order valence-corrected chi connectivity index (χ3v) is 3.53. The van der Waals surface area contributed by atoms with Crippen molar-refractivity contribution in [2.24, 2.45) is 0 Å². The highest BCUT2D eigenvalue weighted by molar-refractivity contribution is 5.55. The molecule has 2 aromatic carbocycles. The van der Waals surface area contributed by atoms with Gasteiger partial charge < -0.3 is 4.90 Å². The van der Waals surface area contributed by atoms with Crippen LogP contribution < -0.4 is 4.90 Å². The van der Waals surface area contributed by atoms with Crippen molar-refractivity contribution in [1.29, 1.82) is 0 Å². The maximum atomic E-state index is 13.7. The number of hydrogen-bond donors (Lipinski definition) is 0. The van der Waals surface area contributed by atoms with Crippen LogP contribution in [0.25, 0.3) is 0 Å². The number of nitrogens with zero attached hydrogens (tertiary/aromatic N) is 1. The number of rotatable bonds is 2. The van der Waals surface area contributed by atoms with E-state index in [1.165, 1.54) is 17.3 Å². The molecule has 0 spiro atoms. The summed E-state index contributed by atoms with van der Waals surface area (Å²) < 4.78 is 13.7. The van der Waals surface area contributed by atoms with Crippen molar-refractivity contribution < 1.29 is 4.39 Å². The standard InChI is InChI=1S/C16H16FN/c17-15-9-3-1-7-14(15)12-18-11-5-8-13-6-2-4-10-16(13)18/h1-4,6-7,9-10H,5,8,11-12H2. The van der Waals surface area contributed by atoms with Crippen LogP contribution in [0.5, 0.6) is 0 Å². The van der Waals surface area contributed by atoms with E-state index in [4.69, 9.17) is 0 Å². The van der Waals surface area contributed by atoms with Crippen LogP contribution in [-0.4, -0.2) is 6.54 Å². The number of para-hydroxylation sites is 1. The van der Waals surface area contributed by atoms with Gasteiger partial charge in [0.2, 0.25) is 0 Å². The number of anilines is 1. The molecule has 0 saturated carbocycles. The maximum absolute atomic E-state index is 13.7. The quantitative estimate of drug-likeness (QED) is 0.773. The van der Waals surface area contributed by atoms with Crippen LogP contribution >= 0.6 is 0 Å². The molecule has 2 aromatic rings. The highest BCUT2D eigenvalue weighted by Gasteiger charge is 2.17. The summed E-state index contributed by atoms with van der Waals surface area (Å²) in [5, 5.41) is 0. The minimum atomic E-state index is -0.111. The molecule has 3 rings (SSSR count). The van der Waals surface area contributed by atoms with Crippen LogP contribution in [-0.2, 0) is 13.0 Å². The van der Waals surface area contributed by atoms with Crippen LogP contribution in [0.2, 0.25) is 0 Å². The van der Waals surface area contributed by atoms with E-state index >= 15 is 0 Å². The van der Waals surface area contributed by atoms with Crippen molar-refractivity contribution in [2.45, 2.75) is 19.4 Å². The lowest BCUT2D eigenvalue weighted by molar-refractivity contribution is 0.598. The Kier molecular flexibility index (Phi) is 3.01. The molecule has 0 radical (unpaired) electrons. The SMILES string of the molecule is Fc1ccccc1CN1CCCc2ccccc21. The van der Waals surface area contributed by atoms with Gasteiger partial charge >= 0.3 is 0 Å². The minimum Gasteiger partial charge on any atom is -0.367 e. The second-order valence-electron chi connectivity index (χ2n) is 4.75. The first-order chi connectivity index (χ1) is 8.84. The highest BCUT2D eigenvalue weighted by atomic mass is 19.1. The van der Waals surface area contributed by atoms with E-state index in [0.29, 0.717) is 6.54 Å². The van der Waals surface area contributed by atoms with Gasteiger partial charge in [-0.1, -0.05) is 36.4 Å². The van der Waals surface area contributed by atoms with E-state index in [-0.39, 0.29) is 5.82 Å². The molecule has 0 N–H and O–H groups in total. The Balaban J connectivity index is 1.89. The van der Waals surface area contributed by atoms with Gasteiger partial charge in [-0.2, -0.15) is 0 Å². The van der Waals surface area contributed by atoms with Crippen LogP contribution in [0.1, 0.15) is 17.5 Å². The van der Waals surface area contributed by atoms with Crippen LogP contribution in [0.4, 0.5) is 10.1 Å². The zero-order chi connectivity index (χ0) is 12.4. The molecule has 1 aliphatic rings. The van der Waals surface area contributed by atoms with Gasteiger partial charge in [0.25, 0.3) is 0 Å². The predicted molar refractivity (Wildman–Crippen MR) is 72.2 cm³/mol. The molecular weight excluding hydrogens is 225 g/mol. The molecule has 18 heavy (non-hydrogen) atoms. The summed E-state index contributed by atoms with van der Waals surface area (Å²) in [6.45, 7) is 1.66. The van der Waals surface area contributed by atoms with E-state index in [1.807, 2.05) is 12.1 Å². The monoisotopic (exact) mass is 241 g/mol. The number of fused-ring (bicyclic) bond motifs is 1. The lowest BCUT2D eigenvalue weighted by Gasteiger charge is -2.31. The molecule has 92 valence electrons. The van der Waals surface area contributed by atoms with Crippen LogP contribution in [0.3, 0.4) is 0 Å². The van der Waals surface area contributed by atoms with Crippen molar-refractivity contribution in [3.63, 3.8) is 0 Å². The fraction of sp³-hybridized carbons (Fsp3) is 0.250. The van der Waals surface area contributed by atoms with E-state index in [0.717, 1.165) is 24.9 Å². The molecular formula is C16H16FN. The number of benzene rings is 2. The Morgan fingerprint density at radius 3 is 2.67 bits per heavy atom. The van der Waals surface area contributed by atoms with Crippen molar-refractivity contribution in [2.75, 3.05) is 11.4 Å². The average Bonchev–Trinajstić information content (AvgIpc) is 2.42. The molecule has 0 amide bonds. The number of aryl methyl sites for hydroxylation is 1. The zero-order valence-corrected chi connectivity index (χ0v) is 10.3. The molecule has 0 saturated heterocycles. The van der Waals surface area contributed by atoms with Gasteiger partial charge in [-0.05, 0) is 30.5 Å². The van der Waals surface area contributed by atoms with E-state index < -0.39 is 0 Å². The van der Waals surface area contributed by atoms with Crippen LogP contribution in [0.15, 0.2) is 48.5 Å². The Morgan fingerprint density at radius 2 is 1.78 bits per heavy atom. The summed E-state index contributed by atoms with van der Waals surface area (Å²) in [7, 11) is 0. The fourth-order valence-corrected chi connectivity index (χ4v) is 2.61. The molecule has 1 aliphatic heterocycles. The molecule has 0 fully saturated rings. The van der Waals surface area contributed by atoms with Gasteiger partial charge in [-0.3, -0.25) is 0 Å². The second-order valence-corrected chi connectivity index (χ2v) is 4.75. The van der Waals surface area contributed by atoms with Crippen molar-refractivity contribution in [1.82, 2.24) is 0 Å². The maximum Gasteiger partial charge on any atom is 0.128 e. The summed E-state index contributed by atoms with van der Waals surface area (Å²) in [6, 6.07) is 15.5. The Labute approximate surface area is 107 Å². The summed E-state index contributed by atoms with van der Waals surface area (Å²) >= 11 is 0. The Bertz CT molecular complexity index is 550. The Morgan fingerprint density at radius 1 is 1.00 bits per heavy atom. The van der Waals surface area contributed by atoms with Gasteiger partial charge in [0, 0.05) is 24.3 Å². The molecule has 1 nitrogen and oxygen atoms in total. The summed E-state index contributed by atoms with van der Waals surface area (Å²) in [6.07, 6.45) is 2.27. The van der Waals surface area contributed by atoms with Crippen molar-refractivity contribution >= 4 is 5.69 Å². The minimum absolute atomic E-state index is 0.111. The van der Waals surface area contributed by atoms with Crippen molar-refractivity contribution in [3.8, 4) is 0 Å². The largest absolute Gasteiger partial charge is 0.367 e. The summed E-state index contributed by atoms with van der Waals surface area (Å²) in [5.41, 5.74) is 3.40. The normalized spacial score (nSPS) is 14.4. The first-order valence-corrected chi connectivity index (χ1v) is 6.41. The van der Waals surface area contributed by atoms with Gasteiger partial charge in [0.15, 0.2) is 0 Å². The molecule has 0 unspecified atom stereocenters. The van der Waals surface area contributed by atoms with Gasteiger partial charge in [-0.15, -0.1) is 0 Å². The number of halogens is 1. The topological polar surface area (TPSA) is 3.24 Å².